The molecule has 144 valence electrons. The van der Waals surface area contributed by atoms with E-state index in [9.17, 15) is 13.2 Å². The van der Waals surface area contributed by atoms with Crippen LogP contribution >= 0.6 is 0 Å². The third-order valence-electron chi connectivity index (χ3n) is 5.22. The summed E-state index contributed by atoms with van der Waals surface area (Å²) in [5.74, 6) is 0.511. The molecule has 5 nitrogen and oxygen atoms in total. The molecule has 0 radical (unpaired) electrons. The topological polar surface area (TPSA) is 57.7 Å². The second kappa shape index (κ2) is 7.72. The molecule has 1 aliphatic heterocycles. The minimum absolute atomic E-state index is 0.108. The van der Waals surface area contributed by atoms with Gasteiger partial charge in [-0.1, -0.05) is 36.8 Å². The van der Waals surface area contributed by atoms with Crippen molar-refractivity contribution < 1.29 is 13.2 Å². The second-order valence-corrected chi connectivity index (χ2v) is 9.25. The Morgan fingerprint density at radius 2 is 1.63 bits per heavy atom. The van der Waals surface area contributed by atoms with Crippen molar-refractivity contribution in [3.63, 3.8) is 0 Å². The summed E-state index contributed by atoms with van der Waals surface area (Å²) in [7, 11) is -2.24. The Bertz CT molecular complexity index is 915. The van der Waals surface area contributed by atoms with Gasteiger partial charge in [-0.2, -0.15) is 0 Å². The Hall–Kier alpha value is -2.34. The number of aryl methyl sites for hydroxylation is 1. The molecule has 2 aromatic carbocycles. The number of carbonyl (C=O) groups excluding carboxylic acids is 1. The summed E-state index contributed by atoms with van der Waals surface area (Å²) in [5, 5.41) is 0. The first-order valence-corrected chi connectivity index (χ1v) is 10.7. The molecule has 0 atom stereocenters. The summed E-state index contributed by atoms with van der Waals surface area (Å²) in [6.45, 7) is 5.52. The van der Waals surface area contributed by atoms with Gasteiger partial charge in [-0.3, -0.25) is 9.10 Å². The first-order valence-electron chi connectivity index (χ1n) is 9.24. The summed E-state index contributed by atoms with van der Waals surface area (Å²) in [5.41, 5.74) is 1.82. The highest BCUT2D eigenvalue weighted by Crippen LogP contribution is 2.28. The molecule has 6 heteroatoms. The molecule has 0 bridgehead atoms. The Kier molecular flexibility index (Phi) is 5.56. The van der Waals surface area contributed by atoms with Gasteiger partial charge in [0.1, 0.15) is 0 Å². The second-order valence-electron chi connectivity index (χ2n) is 7.28. The molecule has 2 aromatic rings. The monoisotopic (exact) mass is 386 g/mol. The molecule has 27 heavy (non-hydrogen) atoms. The zero-order valence-corrected chi connectivity index (χ0v) is 16.9. The van der Waals surface area contributed by atoms with E-state index in [2.05, 4.69) is 6.92 Å². The number of amides is 1. The van der Waals surface area contributed by atoms with Crippen LogP contribution in [0.4, 0.5) is 5.69 Å². The van der Waals surface area contributed by atoms with Gasteiger partial charge >= 0.3 is 0 Å². The van der Waals surface area contributed by atoms with E-state index < -0.39 is 10.0 Å². The fourth-order valence-electron chi connectivity index (χ4n) is 3.31. The van der Waals surface area contributed by atoms with E-state index in [1.807, 2.05) is 11.8 Å². The fourth-order valence-corrected chi connectivity index (χ4v) is 4.52. The number of likely N-dealkylation sites (tertiary alicyclic amines) is 1. The van der Waals surface area contributed by atoms with E-state index in [1.165, 1.54) is 11.4 Å². The van der Waals surface area contributed by atoms with Gasteiger partial charge in [-0.15, -0.1) is 0 Å². The van der Waals surface area contributed by atoms with Gasteiger partial charge in [0.05, 0.1) is 16.1 Å². The molecule has 1 heterocycles. The summed E-state index contributed by atoms with van der Waals surface area (Å²) in [6, 6.07) is 13.7. The highest BCUT2D eigenvalue weighted by molar-refractivity contribution is 7.92. The Morgan fingerprint density at radius 1 is 1.04 bits per heavy atom. The number of piperidine rings is 1. The standard InChI is InChI=1S/C21H26N2O3S/c1-16-8-10-18(11-9-16)27(25,26)22(3)20-7-5-4-6-19(20)21(24)23-14-12-17(2)13-15-23/h4-11,17H,12-15H2,1-3H3. The molecule has 0 N–H and O–H groups in total. The van der Waals surface area contributed by atoms with Gasteiger partial charge in [-0.05, 0) is 49.9 Å². The number of benzene rings is 2. The van der Waals surface area contributed by atoms with Crippen LogP contribution in [0.5, 0.6) is 0 Å². The number of para-hydroxylation sites is 1. The van der Waals surface area contributed by atoms with Crippen LogP contribution in [0.1, 0.15) is 35.7 Å². The van der Waals surface area contributed by atoms with Crippen LogP contribution in [-0.4, -0.2) is 39.4 Å². The Balaban J connectivity index is 1.93. The lowest BCUT2D eigenvalue weighted by Gasteiger charge is -2.31. The number of sulfonamides is 1. The minimum Gasteiger partial charge on any atom is -0.339 e. The molecular formula is C21H26N2O3S. The number of carbonyl (C=O) groups is 1. The summed E-state index contributed by atoms with van der Waals surface area (Å²) >= 11 is 0. The lowest BCUT2D eigenvalue weighted by molar-refractivity contribution is 0.0698. The average Bonchev–Trinajstić information content (AvgIpc) is 2.68. The summed E-state index contributed by atoms with van der Waals surface area (Å²) in [6.07, 6.45) is 1.96. The molecule has 0 saturated carbocycles. The van der Waals surface area contributed by atoms with Crippen LogP contribution < -0.4 is 4.31 Å². The lowest BCUT2D eigenvalue weighted by Crippen LogP contribution is -2.39. The molecule has 3 rings (SSSR count). The predicted octanol–water partition coefficient (Wildman–Crippen LogP) is 3.69. The van der Waals surface area contributed by atoms with E-state index in [4.69, 9.17) is 0 Å². The zero-order valence-electron chi connectivity index (χ0n) is 16.1. The van der Waals surface area contributed by atoms with Crippen molar-refractivity contribution in [2.45, 2.75) is 31.6 Å². The average molecular weight is 387 g/mol. The number of anilines is 1. The van der Waals surface area contributed by atoms with Crippen LogP contribution in [0.3, 0.4) is 0 Å². The van der Waals surface area contributed by atoms with Crippen LogP contribution in [0.25, 0.3) is 0 Å². The first kappa shape index (κ1) is 19.4. The smallest absolute Gasteiger partial charge is 0.264 e. The number of nitrogens with zero attached hydrogens (tertiary/aromatic N) is 2. The number of hydrogen-bond acceptors (Lipinski definition) is 3. The van der Waals surface area contributed by atoms with E-state index >= 15 is 0 Å². The van der Waals surface area contributed by atoms with Crippen molar-refractivity contribution >= 4 is 21.6 Å². The highest BCUT2D eigenvalue weighted by Gasteiger charge is 2.28. The Morgan fingerprint density at radius 3 is 2.26 bits per heavy atom. The van der Waals surface area contributed by atoms with Gasteiger partial charge in [0.15, 0.2) is 0 Å². The summed E-state index contributed by atoms with van der Waals surface area (Å²) in [4.78, 5) is 15.1. The fraction of sp³-hybridized carbons (Fsp3) is 0.381. The zero-order chi connectivity index (χ0) is 19.6. The SMILES string of the molecule is Cc1ccc(S(=O)(=O)N(C)c2ccccc2C(=O)N2CCC(C)CC2)cc1. The van der Waals surface area contributed by atoms with Crippen molar-refractivity contribution in [3.8, 4) is 0 Å². The minimum atomic E-state index is -3.74. The van der Waals surface area contributed by atoms with Crippen LogP contribution in [-0.2, 0) is 10.0 Å². The maximum Gasteiger partial charge on any atom is 0.264 e. The Labute approximate surface area is 161 Å². The van der Waals surface area contributed by atoms with Gasteiger partial charge < -0.3 is 4.90 Å². The van der Waals surface area contributed by atoms with Crippen LogP contribution in [0.2, 0.25) is 0 Å². The molecule has 1 amide bonds. The molecular weight excluding hydrogens is 360 g/mol. The normalized spacial score (nSPS) is 15.6. The molecule has 1 aliphatic rings. The molecule has 0 aromatic heterocycles. The predicted molar refractivity (Wildman–Crippen MR) is 108 cm³/mol. The number of rotatable bonds is 4. The molecule has 1 fully saturated rings. The van der Waals surface area contributed by atoms with Crippen LogP contribution in [0, 0.1) is 12.8 Å². The van der Waals surface area contributed by atoms with Gasteiger partial charge in [0, 0.05) is 20.1 Å². The van der Waals surface area contributed by atoms with Crippen molar-refractivity contribution in [1.82, 2.24) is 4.90 Å². The van der Waals surface area contributed by atoms with E-state index in [1.54, 1.807) is 48.5 Å². The van der Waals surface area contributed by atoms with Crippen molar-refractivity contribution in [2.75, 3.05) is 24.4 Å². The number of hydrogen-bond donors (Lipinski definition) is 0. The van der Waals surface area contributed by atoms with Crippen LogP contribution in [0.15, 0.2) is 53.4 Å². The van der Waals surface area contributed by atoms with E-state index in [0.29, 0.717) is 30.3 Å². The van der Waals surface area contributed by atoms with Crippen molar-refractivity contribution in [1.29, 1.82) is 0 Å². The maximum absolute atomic E-state index is 13.0. The largest absolute Gasteiger partial charge is 0.339 e. The third kappa shape index (κ3) is 4.00. The highest BCUT2D eigenvalue weighted by atomic mass is 32.2. The third-order valence-corrected chi connectivity index (χ3v) is 7.01. The molecule has 0 unspecified atom stereocenters. The van der Waals surface area contributed by atoms with E-state index in [-0.39, 0.29) is 10.8 Å². The van der Waals surface area contributed by atoms with Gasteiger partial charge in [-0.25, -0.2) is 8.42 Å². The quantitative estimate of drug-likeness (QED) is 0.805. The molecule has 0 aliphatic carbocycles. The van der Waals surface area contributed by atoms with Gasteiger partial charge in [0.2, 0.25) is 0 Å². The summed E-state index contributed by atoms with van der Waals surface area (Å²) < 4.78 is 27.3. The van der Waals surface area contributed by atoms with Crippen molar-refractivity contribution in [3.05, 3.63) is 59.7 Å². The lowest BCUT2D eigenvalue weighted by atomic mass is 9.98. The van der Waals surface area contributed by atoms with Crippen molar-refractivity contribution in [2.24, 2.45) is 5.92 Å². The van der Waals surface area contributed by atoms with E-state index in [0.717, 1.165) is 18.4 Å². The molecule has 1 saturated heterocycles. The molecule has 0 spiro atoms. The maximum atomic E-state index is 13.0. The first-order chi connectivity index (χ1) is 12.8. The van der Waals surface area contributed by atoms with Gasteiger partial charge in [0.25, 0.3) is 15.9 Å².